The minimum Gasteiger partial charge on any atom is -0.468 e. The molecule has 0 heterocycles. The molecule has 2 atom stereocenters. The SMILES string of the molecule is COC(=O)[C@H](NCc1ccc(F)cc1F)[C@H](C)O. The largest absolute Gasteiger partial charge is 0.468 e. The quantitative estimate of drug-likeness (QED) is 0.774. The molecule has 0 saturated carbocycles. The fourth-order valence-electron chi connectivity index (χ4n) is 1.46. The Morgan fingerprint density at radius 1 is 1.50 bits per heavy atom. The summed E-state index contributed by atoms with van der Waals surface area (Å²) in [6.45, 7) is 1.40. The summed E-state index contributed by atoms with van der Waals surface area (Å²) in [5, 5.41) is 12.0. The number of esters is 1. The molecule has 6 heteroatoms. The Morgan fingerprint density at radius 2 is 2.17 bits per heavy atom. The molecule has 100 valence electrons. The van der Waals surface area contributed by atoms with E-state index in [9.17, 15) is 18.7 Å². The van der Waals surface area contributed by atoms with Crippen LogP contribution in [0.4, 0.5) is 8.78 Å². The van der Waals surface area contributed by atoms with E-state index in [1.165, 1.54) is 20.1 Å². The van der Waals surface area contributed by atoms with E-state index in [1.54, 1.807) is 0 Å². The third kappa shape index (κ3) is 3.75. The highest BCUT2D eigenvalue weighted by molar-refractivity contribution is 5.76. The first-order valence-electron chi connectivity index (χ1n) is 5.39. The average molecular weight is 259 g/mol. The maximum Gasteiger partial charge on any atom is 0.325 e. The zero-order valence-corrected chi connectivity index (χ0v) is 10.1. The van der Waals surface area contributed by atoms with Gasteiger partial charge in [-0.25, -0.2) is 8.78 Å². The maximum absolute atomic E-state index is 13.3. The van der Waals surface area contributed by atoms with Crippen LogP contribution in [0.25, 0.3) is 0 Å². The van der Waals surface area contributed by atoms with Crippen LogP contribution in [0.2, 0.25) is 0 Å². The summed E-state index contributed by atoms with van der Waals surface area (Å²) in [4.78, 5) is 11.3. The number of carbonyl (C=O) groups excluding carboxylic acids is 1. The van der Waals surface area contributed by atoms with Crippen LogP contribution >= 0.6 is 0 Å². The van der Waals surface area contributed by atoms with Crippen LogP contribution in [-0.4, -0.2) is 30.3 Å². The number of carbonyl (C=O) groups is 1. The molecule has 0 bridgehead atoms. The minimum absolute atomic E-state index is 0.0171. The van der Waals surface area contributed by atoms with Gasteiger partial charge in [0.1, 0.15) is 17.7 Å². The van der Waals surface area contributed by atoms with Gasteiger partial charge in [-0.15, -0.1) is 0 Å². The monoisotopic (exact) mass is 259 g/mol. The lowest BCUT2D eigenvalue weighted by atomic mass is 10.1. The van der Waals surface area contributed by atoms with E-state index in [-0.39, 0.29) is 12.1 Å². The van der Waals surface area contributed by atoms with Crippen LogP contribution in [0.5, 0.6) is 0 Å². The van der Waals surface area contributed by atoms with Gasteiger partial charge in [-0.3, -0.25) is 10.1 Å². The number of ether oxygens (including phenoxy) is 1. The molecule has 0 fully saturated rings. The molecule has 0 spiro atoms. The van der Waals surface area contributed by atoms with Crippen LogP contribution in [0, 0.1) is 11.6 Å². The van der Waals surface area contributed by atoms with Crippen molar-refractivity contribution >= 4 is 5.97 Å². The first-order valence-corrected chi connectivity index (χ1v) is 5.39. The van der Waals surface area contributed by atoms with Gasteiger partial charge in [0.2, 0.25) is 0 Å². The van der Waals surface area contributed by atoms with Gasteiger partial charge < -0.3 is 9.84 Å². The molecule has 1 rings (SSSR count). The Balaban J connectivity index is 2.70. The normalized spacial score (nSPS) is 14.1. The number of hydrogen-bond donors (Lipinski definition) is 2. The van der Waals surface area contributed by atoms with Crippen LogP contribution in [-0.2, 0) is 16.1 Å². The van der Waals surface area contributed by atoms with Crippen LogP contribution in [0.3, 0.4) is 0 Å². The van der Waals surface area contributed by atoms with Crippen molar-refractivity contribution in [3.8, 4) is 0 Å². The number of aliphatic hydroxyl groups is 1. The van der Waals surface area contributed by atoms with Crippen molar-refractivity contribution in [1.29, 1.82) is 0 Å². The molecule has 0 amide bonds. The standard InChI is InChI=1S/C12H15F2NO3/c1-7(16)11(12(17)18-2)15-6-8-3-4-9(13)5-10(8)14/h3-5,7,11,15-16H,6H2,1-2H3/t7-,11+/m0/s1. The summed E-state index contributed by atoms with van der Waals surface area (Å²) in [7, 11) is 1.19. The van der Waals surface area contributed by atoms with Crippen molar-refractivity contribution in [1.82, 2.24) is 5.32 Å². The summed E-state index contributed by atoms with van der Waals surface area (Å²) < 4.78 is 30.5. The molecular formula is C12H15F2NO3. The summed E-state index contributed by atoms with van der Waals surface area (Å²) in [5.74, 6) is -2.03. The second-order valence-electron chi connectivity index (χ2n) is 3.86. The highest BCUT2D eigenvalue weighted by Crippen LogP contribution is 2.10. The number of methoxy groups -OCH3 is 1. The topological polar surface area (TPSA) is 58.6 Å². The zero-order valence-electron chi connectivity index (χ0n) is 10.1. The lowest BCUT2D eigenvalue weighted by molar-refractivity contribution is -0.145. The van der Waals surface area contributed by atoms with Crippen molar-refractivity contribution in [2.24, 2.45) is 0 Å². The molecule has 2 N–H and O–H groups in total. The number of halogens is 2. The maximum atomic E-state index is 13.3. The van der Waals surface area contributed by atoms with Crippen molar-refractivity contribution in [3.63, 3.8) is 0 Å². The number of hydrogen-bond acceptors (Lipinski definition) is 4. The molecule has 0 unspecified atom stereocenters. The summed E-state index contributed by atoms with van der Waals surface area (Å²) in [6.07, 6.45) is -0.985. The third-order valence-electron chi connectivity index (χ3n) is 2.47. The Labute approximate surface area is 104 Å². The molecule has 1 aromatic rings. The van der Waals surface area contributed by atoms with Crippen molar-refractivity contribution in [2.45, 2.75) is 25.6 Å². The van der Waals surface area contributed by atoms with E-state index in [0.717, 1.165) is 12.1 Å². The molecule has 0 aliphatic rings. The second-order valence-corrected chi connectivity index (χ2v) is 3.86. The molecule has 18 heavy (non-hydrogen) atoms. The highest BCUT2D eigenvalue weighted by Gasteiger charge is 2.24. The van der Waals surface area contributed by atoms with E-state index < -0.39 is 29.7 Å². The van der Waals surface area contributed by atoms with Crippen molar-refractivity contribution in [3.05, 3.63) is 35.4 Å². The summed E-state index contributed by atoms with van der Waals surface area (Å²) >= 11 is 0. The van der Waals surface area contributed by atoms with Gasteiger partial charge in [0.05, 0.1) is 13.2 Å². The van der Waals surface area contributed by atoms with Gasteiger partial charge in [0.15, 0.2) is 0 Å². The van der Waals surface area contributed by atoms with Crippen molar-refractivity contribution < 1.29 is 23.4 Å². The molecule has 0 aromatic heterocycles. The van der Waals surface area contributed by atoms with Gasteiger partial charge in [-0.1, -0.05) is 6.07 Å². The molecular weight excluding hydrogens is 244 g/mol. The van der Waals surface area contributed by atoms with Crippen LogP contribution < -0.4 is 5.32 Å². The average Bonchev–Trinajstić information content (AvgIpc) is 2.31. The van der Waals surface area contributed by atoms with Gasteiger partial charge in [-0.05, 0) is 13.0 Å². The highest BCUT2D eigenvalue weighted by atomic mass is 19.1. The molecule has 0 radical (unpaired) electrons. The fraction of sp³-hybridized carbons (Fsp3) is 0.417. The van der Waals surface area contributed by atoms with Crippen molar-refractivity contribution in [2.75, 3.05) is 7.11 Å². The Morgan fingerprint density at radius 3 is 2.67 bits per heavy atom. The summed E-state index contributed by atoms with van der Waals surface area (Å²) in [6, 6.07) is 2.19. The zero-order chi connectivity index (χ0) is 13.7. The first kappa shape index (κ1) is 14.5. The first-order chi connectivity index (χ1) is 8.45. The Bertz CT molecular complexity index is 424. The predicted molar refractivity (Wildman–Crippen MR) is 60.7 cm³/mol. The predicted octanol–water partition coefficient (Wildman–Crippen LogP) is 0.977. The number of nitrogens with one attached hydrogen (secondary N) is 1. The van der Waals surface area contributed by atoms with Crippen LogP contribution in [0.1, 0.15) is 12.5 Å². The lowest BCUT2D eigenvalue weighted by Crippen LogP contribution is -2.45. The summed E-state index contributed by atoms with van der Waals surface area (Å²) in [5.41, 5.74) is 0.200. The smallest absolute Gasteiger partial charge is 0.325 e. The lowest BCUT2D eigenvalue weighted by Gasteiger charge is -2.19. The molecule has 0 aliphatic carbocycles. The van der Waals surface area contributed by atoms with Gasteiger partial charge >= 0.3 is 5.97 Å². The fourth-order valence-corrected chi connectivity index (χ4v) is 1.46. The van der Waals surface area contributed by atoms with E-state index in [4.69, 9.17) is 0 Å². The Kier molecular flexibility index (Phi) is 5.18. The number of aliphatic hydroxyl groups excluding tert-OH is 1. The third-order valence-corrected chi connectivity index (χ3v) is 2.47. The van der Waals surface area contributed by atoms with E-state index >= 15 is 0 Å². The van der Waals surface area contributed by atoms with Gasteiger partial charge in [-0.2, -0.15) is 0 Å². The molecule has 4 nitrogen and oxygen atoms in total. The molecule has 0 saturated heterocycles. The van der Waals surface area contributed by atoms with Crippen LogP contribution in [0.15, 0.2) is 18.2 Å². The van der Waals surface area contributed by atoms with E-state index in [1.807, 2.05) is 0 Å². The van der Waals surface area contributed by atoms with Gasteiger partial charge in [0, 0.05) is 18.2 Å². The second kappa shape index (κ2) is 6.42. The van der Waals surface area contributed by atoms with E-state index in [2.05, 4.69) is 10.1 Å². The molecule has 1 aromatic carbocycles. The number of rotatable bonds is 5. The minimum atomic E-state index is -0.985. The molecule has 0 aliphatic heterocycles. The number of benzene rings is 1. The van der Waals surface area contributed by atoms with Gasteiger partial charge in [0.25, 0.3) is 0 Å². The Hall–Kier alpha value is -1.53. The van der Waals surface area contributed by atoms with E-state index in [0.29, 0.717) is 0 Å².